The molecule has 0 radical (unpaired) electrons. The lowest BCUT2D eigenvalue weighted by Gasteiger charge is -2.50. The summed E-state index contributed by atoms with van der Waals surface area (Å²) in [6.07, 6.45) is 7.72. The second-order valence-electron chi connectivity index (χ2n) is 4.98. The Kier molecular flexibility index (Phi) is 1.95. The van der Waals surface area contributed by atoms with Crippen molar-refractivity contribution in [1.82, 2.24) is 0 Å². The van der Waals surface area contributed by atoms with Crippen molar-refractivity contribution in [2.24, 2.45) is 23.7 Å². The zero-order chi connectivity index (χ0) is 7.84. The van der Waals surface area contributed by atoms with E-state index >= 15 is 0 Å². The van der Waals surface area contributed by atoms with Gasteiger partial charge in [0.15, 0.2) is 0 Å². The lowest BCUT2D eigenvalue weighted by Crippen LogP contribution is -2.41. The summed E-state index contributed by atoms with van der Waals surface area (Å²) in [6, 6.07) is 0. The van der Waals surface area contributed by atoms with E-state index in [-0.39, 0.29) is 0 Å². The number of fused-ring (bicyclic) bond motifs is 2. The molecule has 0 N–H and O–H groups in total. The molecule has 3 rings (SSSR count). The Labute approximate surface area is 70.4 Å². The summed E-state index contributed by atoms with van der Waals surface area (Å²) >= 11 is 0. The Hall–Kier alpha value is 0. The third kappa shape index (κ3) is 1.32. The highest BCUT2D eigenvalue weighted by atomic mass is 14.5. The molecule has 0 heteroatoms. The fourth-order valence-electron chi connectivity index (χ4n) is 3.16. The summed E-state index contributed by atoms with van der Waals surface area (Å²) in [6.45, 7) is 4.74. The van der Waals surface area contributed by atoms with Crippen molar-refractivity contribution in [3.05, 3.63) is 0 Å². The molecule has 64 valence electrons. The van der Waals surface area contributed by atoms with Crippen LogP contribution in [0.2, 0.25) is 0 Å². The van der Waals surface area contributed by atoms with E-state index in [9.17, 15) is 0 Å². The summed E-state index contributed by atoms with van der Waals surface area (Å²) in [5, 5.41) is 0. The van der Waals surface area contributed by atoms with Gasteiger partial charge in [0.1, 0.15) is 0 Å². The van der Waals surface area contributed by atoms with Crippen LogP contribution in [0.4, 0.5) is 0 Å². The molecule has 3 aliphatic carbocycles. The number of hydrogen-bond donors (Lipinski definition) is 0. The van der Waals surface area contributed by atoms with Crippen molar-refractivity contribution in [1.29, 1.82) is 0 Å². The minimum atomic E-state index is 0.934. The van der Waals surface area contributed by atoms with E-state index in [4.69, 9.17) is 0 Å². The largest absolute Gasteiger partial charge is 0.0628 e. The van der Waals surface area contributed by atoms with Gasteiger partial charge in [0.25, 0.3) is 0 Å². The number of hydrogen-bond acceptors (Lipinski definition) is 0. The zero-order valence-electron chi connectivity index (χ0n) is 7.84. The summed E-state index contributed by atoms with van der Waals surface area (Å²) in [5.41, 5.74) is 0. The predicted molar refractivity (Wildman–Crippen MR) is 48.4 cm³/mol. The van der Waals surface area contributed by atoms with E-state index in [1.54, 1.807) is 19.3 Å². The Balaban J connectivity index is 1.86. The smallest absolute Gasteiger partial charge is 0.0355 e. The number of rotatable bonds is 2. The first-order valence-electron chi connectivity index (χ1n) is 5.27. The Morgan fingerprint density at radius 2 is 1.82 bits per heavy atom. The highest BCUT2D eigenvalue weighted by molar-refractivity contribution is 4.93. The Morgan fingerprint density at radius 1 is 1.18 bits per heavy atom. The predicted octanol–water partition coefficient (Wildman–Crippen LogP) is 3.47. The molecule has 11 heavy (non-hydrogen) atoms. The third-order valence-electron chi connectivity index (χ3n) is 3.71. The molecule has 0 spiro atoms. The molecule has 0 nitrogen and oxygen atoms in total. The molecule has 3 fully saturated rings. The van der Waals surface area contributed by atoms with E-state index in [0.29, 0.717) is 0 Å². The van der Waals surface area contributed by atoms with Crippen molar-refractivity contribution < 1.29 is 0 Å². The quantitative estimate of drug-likeness (QED) is 0.568. The second kappa shape index (κ2) is 2.80. The molecule has 0 aromatic rings. The van der Waals surface area contributed by atoms with Crippen LogP contribution in [0.15, 0.2) is 0 Å². The molecule has 0 aromatic heterocycles. The van der Waals surface area contributed by atoms with Gasteiger partial charge in [-0.2, -0.15) is 0 Å². The summed E-state index contributed by atoms with van der Waals surface area (Å²) in [7, 11) is 0. The van der Waals surface area contributed by atoms with Gasteiger partial charge in [-0.05, 0) is 36.5 Å². The first-order chi connectivity index (χ1) is 5.27. The molecule has 2 atom stereocenters. The van der Waals surface area contributed by atoms with Crippen molar-refractivity contribution in [3.8, 4) is 0 Å². The van der Waals surface area contributed by atoms with Crippen molar-refractivity contribution >= 4 is 0 Å². The van der Waals surface area contributed by atoms with Gasteiger partial charge in [-0.15, -0.1) is 0 Å². The van der Waals surface area contributed by atoms with Crippen LogP contribution in [-0.2, 0) is 0 Å². The van der Waals surface area contributed by atoms with Gasteiger partial charge in [-0.3, -0.25) is 0 Å². The lowest BCUT2D eigenvalue weighted by atomic mass is 9.55. The first-order valence-corrected chi connectivity index (χ1v) is 5.27. The summed E-state index contributed by atoms with van der Waals surface area (Å²) in [4.78, 5) is 0. The van der Waals surface area contributed by atoms with E-state index in [1.807, 2.05) is 0 Å². The standard InChI is InChI=1S/C11H20/c1-8(2)6-11-9-4-3-5-10(11)7-9/h8-11H,3-7H2,1-2H3. The summed E-state index contributed by atoms with van der Waals surface area (Å²) in [5.74, 6) is 4.37. The van der Waals surface area contributed by atoms with Gasteiger partial charge in [0, 0.05) is 0 Å². The molecule has 2 unspecified atom stereocenters. The van der Waals surface area contributed by atoms with E-state index in [0.717, 1.165) is 23.7 Å². The van der Waals surface area contributed by atoms with Gasteiger partial charge in [-0.1, -0.05) is 33.1 Å². The molecule has 0 aromatic carbocycles. The molecule has 3 aliphatic rings. The monoisotopic (exact) mass is 152 g/mol. The van der Waals surface area contributed by atoms with Gasteiger partial charge in [0.2, 0.25) is 0 Å². The van der Waals surface area contributed by atoms with Crippen molar-refractivity contribution in [2.75, 3.05) is 0 Å². The van der Waals surface area contributed by atoms with Crippen LogP contribution in [0, 0.1) is 23.7 Å². The summed E-state index contributed by atoms with van der Waals surface area (Å²) < 4.78 is 0. The average Bonchev–Trinajstić information content (AvgIpc) is 2.01. The van der Waals surface area contributed by atoms with Gasteiger partial charge in [-0.25, -0.2) is 0 Å². The van der Waals surface area contributed by atoms with E-state index in [1.165, 1.54) is 12.8 Å². The molecular weight excluding hydrogens is 132 g/mol. The van der Waals surface area contributed by atoms with Crippen LogP contribution in [0.5, 0.6) is 0 Å². The Morgan fingerprint density at radius 3 is 2.27 bits per heavy atom. The molecule has 3 saturated carbocycles. The van der Waals surface area contributed by atoms with Crippen LogP contribution >= 0.6 is 0 Å². The van der Waals surface area contributed by atoms with Crippen LogP contribution in [0.1, 0.15) is 46.0 Å². The van der Waals surface area contributed by atoms with Gasteiger partial charge >= 0.3 is 0 Å². The van der Waals surface area contributed by atoms with Gasteiger partial charge in [0.05, 0.1) is 0 Å². The Bertz CT molecular complexity index is 123. The van der Waals surface area contributed by atoms with Crippen LogP contribution in [0.3, 0.4) is 0 Å². The minimum Gasteiger partial charge on any atom is -0.0628 e. The zero-order valence-corrected chi connectivity index (χ0v) is 7.84. The minimum absolute atomic E-state index is 0.934. The highest BCUT2D eigenvalue weighted by Gasteiger charge is 2.42. The van der Waals surface area contributed by atoms with Crippen molar-refractivity contribution in [3.63, 3.8) is 0 Å². The average molecular weight is 152 g/mol. The van der Waals surface area contributed by atoms with Crippen LogP contribution in [-0.4, -0.2) is 0 Å². The lowest BCUT2D eigenvalue weighted by molar-refractivity contribution is 0.000195. The third-order valence-corrected chi connectivity index (χ3v) is 3.71. The molecular formula is C11H20. The van der Waals surface area contributed by atoms with Crippen LogP contribution < -0.4 is 0 Å². The molecule has 0 saturated heterocycles. The maximum absolute atomic E-state index is 2.37. The van der Waals surface area contributed by atoms with Gasteiger partial charge < -0.3 is 0 Å². The molecule has 0 amide bonds. The van der Waals surface area contributed by atoms with Crippen molar-refractivity contribution in [2.45, 2.75) is 46.0 Å². The van der Waals surface area contributed by atoms with E-state index in [2.05, 4.69) is 13.8 Å². The highest BCUT2D eigenvalue weighted by Crippen LogP contribution is 2.52. The first kappa shape index (κ1) is 7.64. The normalized spacial score (nSPS) is 42.3. The topological polar surface area (TPSA) is 0 Å². The van der Waals surface area contributed by atoms with E-state index < -0.39 is 0 Å². The fourth-order valence-corrected chi connectivity index (χ4v) is 3.16. The molecule has 2 bridgehead atoms. The van der Waals surface area contributed by atoms with Crippen LogP contribution in [0.25, 0.3) is 0 Å². The maximum Gasteiger partial charge on any atom is -0.0355 e. The SMILES string of the molecule is CC(C)CC1C2CCCC1C2. The second-order valence-corrected chi connectivity index (χ2v) is 4.98. The molecule has 0 aliphatic heterocycles. The maximum atomic E-state index is 2.37. The fraction of sp³-hybridized carbons (Fsp3) is 1.00. The molecule has 0 heterocycles.